The molecule has 0 aliphatic carbocycles. The average molecular weight is 742 g/mol. The fourth-order valence-electron chi connectivity index (χ4n) is 3.63. The monoisotopic (exact) mass is 741 g/mol. The van der Waals surface area contributed by atoms with Crippen molar-refractivity contribution in [2.45, 2.75) is 6.92 Å². The summed E-state index contributed by atoms with van der Waals surface area (Å²) < 4.78 is 70.9. The van der Waals surface area contributed by atoms with E-state index in [0.29, 0.717) is 177 Å². The third-order valence-corrected chi connectivity index (χ3v) is 6.14. The first-order valence-electron chi connectivity index (χ1n) is 17.2. The minimum Gasteiger partial charge on any atom is -0.491 e. The molecule has 0 atom stereocenters. The van der Waals surface area contributed by atoms with Crippen LogP contribution in [-0.2, 0) is 61.6 Å². The summed E-state index contributed by atoms with van der Waals surface area (Å²) in [6.45, 7) is 14.0. The maximum atomic E-state index is 11.0. The summed E-state index contributed by atoms with van der Waals surface area (Å²) in [5.74, 6) is 1.10. The molecule has 15 nitrogen and oxygen atoms in total. The fourth-order valence-corrected chi connectivity index (χ4v) is 3.74. The molecular weight excluding hydrogens is 682 g/mol. The van der Waals surface area contributed by atoms with Gasteiger partial charge in [0.15, 0.2) is 0 Å². The van der Waals surface area contributed by atoms with Crippen molar-refractivity contribution in [3.63, 3.8) is 0 Å². The minimum absolute atomic E-state index is 0.109. The molecule has 50 heavy (non-hydrogen) atoms. The van der Waals surface area contributed by atoms with Crippen LogP contribution in [0.4, 0.5) is 5.69 Å². The van der Waals surface area contributed by atoms with Crippen molar-refractivity contribution in [1.82, 2.24) is 0 Å². The lowest BCUT2D eigenvalue weighted by atomic mass is 10.3. The van der Waals surface area contributed by atoms with E-state index in [0.717, 1.165) is 5.69 Å². The summed E-state index contributed by atoms with van der Waals surface area (Å²) in [4.78, 5) is 11.0. The van der Waals surface area contributed by atoms with Gasteiger partial charge in [-0.15, -0.1) is 11.6 Å². The highest BCUT2D eigenvalue weighted by Gasteiger charge is 1.99. The van der Waals surface area contributed by atoms with E-state index in [4.69, 9.17) is 73.2 Å². The SMILES string of the molecule is CC(=O)Nc1ccc(OCCOCCOCCOCCOCCOCCOCCOCCOCCOCCOCCOCCOCCCl)cc1. The largest absolute Gasteiger partial charge is 0.491 e. The first-order valence-corrected chi connectivity index (χ1v) is 17.7. The number of amides is 1. The van der Waals surface area contributed by atoms with Gasteiger partial charge < -0.3 is 66.9 Å². The lowest BCUT2D eigenvalue weighted by Crippen LogP contribution is -2.15. The average Bonchev–Trinajstić information content (AvgIpc) is 3.11. The number of benzene rings is 1. The Morgan fingerprint density at radius 1 is 0.420 bits per heavy atom. The van der Waals surface area contributed by atoms with E-state index in [-0.39, 0.29) is 5.91 Å². The second kappa shape index (κ2) is 38.5. The highest BCUT2D eigenvalue weighted by Crippen LogP contribution is 2.15. The fraction of sp³-hybridized carbons (Fsp3) is 0.794. The quantitative estimate of drug-likeness (QED) is 0.0776. The molecule has 1 aromatic carbocycles. The molecule has 0 saturated carbocycles. The Labute approximate surface area is 302 Å². The Hall–Kier alpha value is -1.70. The molecular formula is C34H60ClNO14. The number of alkyl halides is 1. The van der Waals surface area contributed by atoms with Gasteiger partial charge in [-0.25, -0.2) is 0 Å². The summed E-state index contributed by atoms with van der Waals surface area (Å²) in [6.07, 6.45) is 0. The molecule has 292 valence electrons. The maximum Gasteiger partial charge on any atom is 0.221 e. The van der Waals surface area contributed by atoms with Gasteiger partial charge >= 0.3 is 0 Å². The normalized spacial score (nSPS) is 11.3. The van der Waals surface area contributed by atoms with Crippen molar-refractivity contribution >= 4 is 23.2 Å². The highest BCUT2D eigenvalue weighted by molar-refractivity contribution is 6.17. The Morgan fingerprint density at radius 3 is 0.900 bits per heavy atom. The van der Waals surface area contributed by atoms with Gasteiger partial charge in [-0.3, -0.25) is 4.79 Å². The zero-order valence-electron chi connectivity index (χ0n) is 29.8. The molecule has 0 aromatic heterocycles. The first-order chi connectivity index (χ1) is 24.7. The van der Waals surface area contributed by atoms with Crippen LogP contribution >= 0.6 is 11.6 Å². The molecule has 0 bridgehead atoms. The molecule has 0 aliphatic heterocycles. The van der Waals surface area contributed by atoms with Crippen LogP contribution in [0.25, 0.3) is 0 Å². The molecule has 0 spiro atoms. The van der Waals surface area contributed by atoms with Crippen molar-refractivity contribution in [2.24, 2.45) is 0 Å². The smallest absolute Gasteiger partial charge is 0.221 e. The molecule has 0 fully saturated rings. The zero-order chi connectivity index (χ0) is 35.8. The van der Waals surface area contributed by atoms with Crippen molar-refractivity contribution in [3.05, 3.63) is 24.3 Å². The van der Waals surface area contributed by atoms with Crippen LogP contribution in [0.2, 0.25) is 0 Å². The molecule has 0 saturated heterocycles. The lowest BCUT2D eigenvalue weighted by molar-refractivity contribution is -0.114. The summed E-state index contributed by atoms with van der Waals surface area (Å²) in [7, 11) is 0. The van der Waals surface area contributed by atoms with Gasteiger partial charge in [0.25, 0.3) is 0 Å². The number of hydrogen-bond acceptors (Lipinski definition) is 14. The number of anilines is 1. The summed E-state index contributed by atoms with van der Waals surface area (Å²) in [5.41, 5.74) is 0.730. The Kier molecular flexibility index (Phi) is 35.7. The first kappa shape index (κ1) is 46.3. The van der Waals surface area contributed by atoms with Gasteiger partial charge in [0.2, 0.25) is 5.91 Å². The number of ether oxygens (including phenoxy) is 13. The molecule has 16 heteroatoms. The molecule has 1 N–H and O–H groups in total. The third-order valence-electron chi connectivity index (χ3n) is 5.98. The van der Waals surface area contributed by atoms with Crippen molar-refractivity contribution in [2.75, 3.05) is 176 Å². The molecule has 1 aromatic rings. The Bertz CT molecular complexity index is 843. The molecule has 0 unspecified atom stereocenters. The maximum absolute atomic E-state index is 11.0. The second-order valence-electron chi connectivity index (χ2n) is 10.1. The number of carbonyl (C=O) groups excluding carboxylic acids is 1. The second-order valence-corrected chi connectivity index (χ2v) is 10.5. The highest BCUT2D eigenvalue weighted by atomic mass is 35.5. The zero-order valence-corrected chi connectivity index (χ0v) is 30.5. The predicted molar refractivity (Wildman–Crippen MR) is 187 cm³/mol. The van der Waals surface area contributed by atoms with Gasteiger partial charge in [0, 0.05) is 18.5 Å². The van der Waals surface area contributed by atoms with Crippen molar-refractivity contribution in [3.8, 4) is 5.75 Å². The van der Waals surface area contributed by atoms with Gasteiger partial charge in [-0.05, 0) is 24.3 Å². The van der Waals surface area contributed by atoms with E-state index in [9.17, 15) is 4.79 Å². The Morgan fingerprint density at radius 2 is 0.660 bits per heavy atom. The number of nitrogens with one attached hydrogen (secondary N) is 1. The summed E-state index contributed by atoms with van der Waals surface area (Å²) in [6, 6.07) is 7.17. The predicted octanol–water partition coefficient (Wildman–Crippen LogP) is 2.46. The van der Waals surface area contributed by atoms with E-state index in [1.807, 2.05) is 0 Å². The van der Waals surface area contributed by atoms with Crippen LogP contribution in [0.1, 0.15) is 6.92 Å². The van der Waals surface area contributed by atoms with Gasteiger partial charge in [0.1, 0.15) is 12.4 Å². The molecule has 0 radical (unpaired) electrons. The van der Waals surface area contributed by atoms with E-state index in [1.165, 1.54) is 6.92 Å². The standard InChI is InChI=1S/C34H60ClNO14/c1-32(37)36-33-2-4-34(5-3-33)50-31-30-49-29-28-48-27-26-47-25-24-46-23-22-45-21-20-44-19-18-43-17-16-42-15-14-41-13-12-40-11-10-39-9-8-38-7-6-35/h2-5H,6-31H2,1H3,(H,36,37). The molecule has 1 rings (SSSR count). The molecule has 0 aliphatic rings. The van der Waals surface area contributed by atoms with E-state index >= 15 is 0 Å². The Balaban J connectivity index is 1.65. The minimum atomic E-state index is -0.109. The number of rotatable bonds is 40. The molecule has 1 amide bonds. The van der Waals surface area contributed by atoms with E-state index in [2.05, 4.69) is 5.32 Å². The van der Waals surface area contributed by atoms with Crippen LogP contribution in [0.5, 0.6) is 5.75 Å². The summed E-state index contributed by atoms with van der Waals surface area (Å²) >= 11 is 5.51. The van der Waals surface area contributed by atoms with Crippen LogP contribution in [0, 0.1) is 0 Å². The van der Waals surface area contributed by atoms with Gasteiger partial charge in [-0.2, -0.15) is 0 Å². The van der Waals surface area contributed by atoms with E-state index < -0.39 is 0 Å². The van der Waals surface area contributed by atoms with E-state index in [1.54, 1.807) is 24.3 Å². The number of hydrogen-bond donors (Lipinski definition) is 1. The van der Waals surface area contributed by atoms with Crippen LogP contribution < -0.4 is 10.1 Å². The molecule has 0 heterocycles. The number of carbonyl (C=O) groups is 1. The van der Waals surface area contributed by atoms with Crippen LogP contribution in [0.3, 0.4) is 0 Å². The van der Waals surface area contributed by atoms with Crippen molar-refractivity contribution in [1.29, 1.82) is 0 Å². The summed E-state index contributed by atoms with van der Waals surface area (Å²) in [5, 5.41) is 2.71. The number of halogens is 1. The van der Waals surface area contributed by atoms with Crippen LogP contribution in [-0.4, -0.2) is 177 Å². The third kappa shape index (κ3) is 34.7. The van der Waals surface area contributed by atoms with Gasteiger partial charge in [-0.1, -0.05) is 0 Å². The van der Waals surface area contributed by atoms with Crippen LogP contribution in [0.15, 0.2) is 24.3 Å². The van der Waals surface area contributed by atoms with Crippen molar-refractivity contribution < 1.29 is 66.4 Å². The van der Waals surface area contributed by atoms with Gasteiger partial charge in [0.05, 0.1) is 159 Å². The topological polar surface area (TPSA) is 149 Å². The lowest BCUT2D eigenvalue weighted by Gasteiger charge is -2.09.